The van der Waals surface area contributed by atoms with E-state index in [1.165, 1.54) is 0 Å². The van der Waals surface area contributed by atoms with Gasteiger partial charge in [-0.05, 0) is 48.2 Å². The molecule has 6 heteroatoms. The average molecular weight is 400 g/mol. The van der Waals surface area contributed by atoms with Gasteiger partial charge < -0.3 is 14.2 Å². The van der Waals surface area contributed by atoms with Crippen LogP contribution in [-0.4, -0.2) is 27.4 Å². The highest BCUT2D eigenvalue weighted by molar-refractivity contribution is 5.76. The third kappa shape index (κ3) is 4.36. The number of imidazole rings is 1. The Hall–Kier alpha value is -3.59. The van der Waals surface area contributed by atoms with Crippen LogP contribution in [0.5, 0.6) is 11.5 Å². The molecule has 1 aliphatic heterocycles. The first-order valence-corrected chi connectivity index (χ1v) is 10.2. The molecule has 1 saturated heterocycles. The zero-order chi connectivity index (χ0) is 20.9. The van der Waals surface area contributed by atoms with E-state index in [0.29, 0.717) is 30.0 Å². The fourth-order valence-corrected chi connectivity index (χ4v) is 3.89. The van der Waals surface area contributed by atoms with Crippen LogP contribution in [0, 0.1) is 11.3 Å². The van der Waals surface area contributed by atoms with E-state index in [1.54, 1.807) is 18.6 Å². The Morgan fingerprint density at radius 3 is 2.93 bits per heavy atom. The highest BCUT2D eigenvalue weighted by Crippen LogP contribution is 2.33. The largest absolute Gasteiger partial charge is 0.456 e. The van der Waals surface area contributed by atoms with Gasteiger partial charge in [0.1, 0.15) is 17.6 Å². The predicted molar refractivity (Wildman–Crippen MR) is 113 cm³/mol. The van der Waals surface area contributed by atoms with Crippen LogP contribution in [0.1, 0.15) is 48.4 Å². The molecule has 1 amide bonds. The lowest BCUT2D eigenvalue weighted by Crippen LogP contribution is -2.29. The Kier molecular flexibility index (Phi) is 5.80. The van der Waals surface area contributed by atoms with E-state index in [4.69, 9.17) is 4.74 Å². The van der Waals surface area contributed by atoms with Gasteiger partial charge in [-0.15, -0.1) is 0 Å². The molecule has 30 heavy (non-hydrogen) atoms. The molecular weight excluding hydrogens is 376 g/mol. The summed E-state index contributed by atoms with van der Waals surface area (Å²) in [4.78, 5) is 18.2. The van der Waals surface area contributed by atoms with Crippen molar-refractivity contribution < 1.29 is 9.53 Å². The summed E-state index contributed by atoms with van der Waals surface area (Å²) in [5.41, 5.74) is 2.56. The van der Waals surface area contributed by atoms with Crippen LogP contribution in [0.4, 0.5) is 0 Å². The summed E-state index contributed by atoms with van der Waals surface area (Å²) in [7, 11) is 1.87. The van der Waals surface area contributed by atoms with E-state index in [-0.39, 0.29) is 11.9 Å². The van der Waals surface area contributed by atoms with E-state index in [0.717, 1.165) is 30.4 Å². The molecule has 0 saturated carbocycles. The third-order valence-corrected chi connectivity index (χ3v) is 5.54. The Morgan fingerprint density at radius 2 is 2.13 bits per heavy atom. The van der Waals surface area contributed by atoms with Gasteiger partial charge >= 0.3 is 0 Å². The number of nitriles is 1. The molecule has 0 aliphatic carbocycles. The standard InChI is InChI=1S/C24H24N4O2/c1-27-22(7-2-3-8-24(27)29)19-5-4-6-21(14-19)30-23-13-18(9-10-20(23)15-25)16-28-12-11-26-17-28/h4-6,9-14,17,22H,2-3,7-8,16H2,1H3. The van der Waals surface area contributed by atoms with Crippen molar-refractivity contribution in [2.24, 2.45) is 0 Å². The molecule has 3 aromatic rings. The number of nitrogens with zero attached hydrogens (tertiary/aromatic N) is 4. The summed E-state index contributed by atoms with van der Waals surface area (Å²) in [6.07, 6.45) is 8.90. The van der Waals surface area contributed by atoms with Gasteiger partial charge in [0.25, 0.3) is 0 Å². The second-order valence-electron chi connectivity index (χ2n) is 7.62. The molecule has 2 heterocycles. The van der Waals surface area contributed by atoms with Crippen LogP contribution in [0.15, 0.2) is 61.2 Å². The highest BCUT2D eigenvalue weighted by atomic mass is 16.5. The van der Waals surface area contributed by atoms with E-state index in [9.17, 15) is 10.1 Å². The molecule has 152 valence electrons. The molecule has 1 fully saturated rings. The first kappa shape index (κ1) is 19.7. The molecule has 1 atom stereocenters. The fraction of sp³-hybridized carbons (Fsp3) is 0.292. The van der Waals surface area contributed by atoms with E-state index < -0.39 is 0 Å². The number of rotatable bonds is 5. The van der Waals surface area contributed by atoms with E-state index >= 15 is 0 Å². The molecule has 0 bridgehead atoms. The number of carbonyl (C=O) groups excluding carboxylic acids is 1. The minimum atomic E-state index is 0.0477. The van der Waals surface area contributed by atoms with Crippen molar-refractivity contribution in [1.29, 1.82) is 5.26 Å². The SMILES string of the molecule is CN1C(=O)CCCCC1c1cccc(Oc2cc(Cn3ccnc3)ccc2C#N)c1. The Labute approximate surface area is 176 Å². The Morgan fingerprint density at radius 1 is 1.23 bits per heavy atom. The molecule has 1 aliphatic rings. The Balaban J connectivity index is 1.59. The van der Waals surface area contributed by atoms with Gasteiger partial charge in [0.05, 0.1) is 17.9 Å². The van der Waals surface area contributed by atoms with Gasteiger partial charge in [-0.1, -0.05) is 24.6 Å². The number of aromatic nitrogens is 2. The number of ether oxygens (including phenoxy) is 1. The Bertz CT molecular complexity index is 1070. The minimum absolute atomic E-state index is 0.0477. The number of hydrogen-bond acceptors (Lipinski definition) is 4. The molecule has 2 aromatic carbocycles. The van der Waals surface area contributed by atoms with Gasteiger partial charge in [-0.25, -0.2) is 4.98 Å². The number of benzene rings is 2. The van der Waals surface area contributed by atoms with Crippen LogP contribution in [0.25, 0.3) is 0 Å². The van der Waals surface area contributed by atoms with Crippen LogP contribution >= 0.6 is 0 Å². The van der Waals surface area contributed by atoms with Crippen molar-refractivity contribution in [3.63, 3.8) is 0 Å². The van der Waals surface area contributed by atoms with Crippen LogP contribution in [0.3, 0.4) is 0 Å². The molecule has 1 unspecified atom stereocenters. The van der Waals surface area contributed by atoms with Crippen molar-refractivity contribution in [3.8, 4) is 17.6 Å². The van der Waals surface area contributed by atoms with Crippen LogP contribution in [-0.2, 0) is 11.3 Å². The molecule has 6 nitrogen and oxygen atoms in total. The summed E-state index contributed by atoms with van der Waals surface area (Å²) in [6, 6.07) is 15.7. The maximum atomic E-state index is 12.3. The monoisotopic (exact) mass is 400 g/mol. The van der Waals surface area contributed by atoms with Gasteiger partial charge in [0.2, 0.25) is 5.91 Å². The summed E-state index contributed by atoms with van der Waals surface area (Å²) >= 11 is 0. The number of likely N-dealkylation sites (tertiary alicyclic amines) is 1. The van der Waals surface area contributed by atoms with Gasteiger partial charge in [0, 0.05) is 32.4 Å². The quantitative estimate of drug-likeness (QED) is 0.624. The summed E-state index contributed by atoms with van der Waals surface area (Å²) < 4.78 is 8.10. The smallest absolute Gasteiger partial charge is 0.222 e. The maximum Gasteiger partial charge on any atom is 0.222 e. The molecule has 0 N–H and O–H groups in total. The zero-order valence-corrected chi connectivity index (χ0v) is 17.0. The van der Waals surface area contributed by atoms with Crippen molar-refractivity contribution in [3.05, 3.63) is 77.9 Å². The van der Waals surface area contributed by atoms with E-state index in [1.807, 2.05) is 59.1 Å². The van der Waals surface area contributed by atoms with Gasteiger partial charge in [0.15, 0.2) is 0 Å². The summed E-state index contributed by atoms with van der Waals surface area (Å²) in [5.74, 6) is 1.37. The third-order valence-electron chi connectivity index (χ3n) is 5.54. The highest BCUT2D eigenvalue weighted by Gasteiger charge is 2.24. The zero-order valence-electron chi connectivity index (χ0n) is 17.0. The van der Waals surface area contributed by atoms with Crippen molar-refractivity contribution in [2.45, 2.75) is 38.3 Å². The molecule has 0 spiro atoms. The number of amides is 1. The normalized spacial score (nSPS) is 16.7. The van der Waals surface area contributed by atoms with E-state index in [2.05, 4.69) is 11.1 Å². The minimum Gasteiger partial charge on any atom is -0.456 e. The van der Waals surface area contributed by atoms with Gasteiger partial charge in [-0.3, -0.25) is 4.79 Å². The van der Waals surface area contributed by atoms with Crippen LogP contribution < -0.4 is 4.74 Å². The second-order valence-corrected chi connectivity index (χ2v) is 7.62. The first-order chi connectivity index (χ1) is 14.6. The molecule has 1 aromatic heterocycles. The summed E-state index contributed by atoms with van der Waals surface area (Å²) in [6.45, 7) is 0.650. The van der Waals surface area contributed by atoms with Crippen molar-refractivity contribution >= 4 is 5.91 Å². The average Bonchev–Trinajstić information content (AvgIpc) is 3.20. The first-order valence-electron chi connectivity index (χ1n) is 10.2. The van der Waals surface area contributed by atoms with Crippen molar-refractivity contribution in [2.75, 3.05) is 7.05 Å². The lowest BCUT2D eigenvalue weighted by atomic mass is 10.0. The summed E-state index contributed by atoms with van der Waals surface area (Å²) in [5, 5.41) is 9.51. The number of hydrogen-bond donors (Lipinski definition) is 0. The second kappa shape index (κ2) is 8.83. The van der Waals surface area contributed by atoms with Crippen LogP contribution in [0.2, 0.25) is 0 Å². The number of carbonyl (C=O) groups is 1. The lowest BCUT2D eigenvalue weighted by Gasteiger charge is -2.26. The van der Waals surface area contributed by atoms with Gasteiger partial charge in [-0.2, -0.15) is 5.26 Å². The van der Waals surface area contributed by atoms with Crippen molar-refractivity contribution in [1.82, 2.24) is 14.5 Å². The fourth-order valence-electron chi connectivity index (χ4n) is 3.89. The predicted octanol–water partition coefficient (Wildman–Crippen LogP) is 4.67. The molecule has 4 rings (SSSR count). The molecular formula is C24H24N4O2. The topological polar surface area (TPSA) is 71.2 Å². The molecule has 0 radical (unpaired) electrons. The maximum absolute atomic E-state index is 12.3. The lowest BCUT2D eigenvalue weighted by molar-refractivity contribution is -0.131.